The third-order valence-electron chi connectivity index (χ3n) is 2.15. The fourth-order valence-electron chi connectivity index (χ4n) is 1.30. The van der Waals surface area contributed by atoms with E-state index in [9.17, 15) is 0 Å². The smallest absolute Gasteiger partial charge is 0.0432 e. The van der Waals surface area contributed by atoms with Crippen molar-refractivity contribution < 1.29 is 0 Å². The van der Waals surface area contributed by atoms with Crippen molar-refractivity contribution in [3.8, 4) is 11.8 Å². The van der Waals surface area contributed by atoms with E-state index in [-0.39, 0.29) is 0 Å². The number of pyridine rings is 1. The molecule has 0 saturated heterocycles. The van der Waals surface area contributed by atoms with Crippen LogP contribution in [0.1, 0.15) is 16.8 Å². The number of nitrogens with two attached hydrogens (primary N) is 1. The van der Waals surface area contributed by atoms with Crippen molar-refractivity contribution >= 4 is 5.69 Å². The van der Waals surface area contributed by atoms with Crippen LogP contribution in [-0.2, 0) is 0 Å². The lowest BCUT2D eigenvalue weighted by Crippen LogP contribution is -1.85. The van der Waals surface area contributed by atoms with E-state index in [1.54, 1.807) is 6.20 Å². The Morgan fingerprint density at radius 3 is 2.56 bits per heavy atom. The molecule has 0 aliphatic rings. The van der Waals surface area contributed by atoms with Crippen molar-refractivity contribution in [1.29, 1.82) is 0 Å². The molecule has 2 rings (SSSR count). The van der Waals surface area contributed by atoms with Crippen molar-refractivity contribution in [2.45, 2.75) is 6.92 Å². The number of hydrogen-bond acceptors (Lipinski definition) is 2. The zero-order chi connectivity index (χ0) is 11.4. The average molecular weight is 208 g/mol. The lowest BCUT2D eigenvalue weighted by molar-refractivity contribution is 1.19. The van der Waals surface area contributed by atoms with Crippen molar-refractivity contribution in [3.05, 3.63) is 59.4 Å². The highest BCUT2D eigenvalue weighted by atomic mass is 14.6. The van der Waals surface area contributed by atoms with Crippen molar-refractivity contribution in [1.82, 2.24) is 4.98 Å². The number of hydrogen-bond donors (Lipinski definition) is 1. The average Bonchev–Trinajstić information content (AvgIpc) is 2.28. The van der Waals surface area contributed by atoms with E-state index in [0.29, 0.717) is 0 Å². The second-order valence-corrected chi connectivity index (χ2v) is 3.56. The molecule has 2 heteroatoms. The Labute approximate surface area is 95.1 Å². The van der Waals surface area contributed by atoms with Gasteiger partial charge < -0.3 is 5.73 Å². The van der Waals surface area contributed by atoms with Crippen LogP contribution in [0.25, 0.3) is 0 Å². The molecule has 1 aromatic heterocycles. The van der Waals surface area contributed by atoms with E-state index in [0.717, 1.165) is 22.5 Å². The molecule has 0 radical (unpaired) electrons. The van der Waals surface area contributed by atoms with Crippen LogP contribution in [0.2, 0.25) is 0 Å². The second-order valence-electron chi connectivity index (χ2n) is 3.56. The van der Waals surface area contributed by atoms with Gasteiger partial charge in [-0.3, -0.25) is 4.98 Å². The van der Waals surface area contributed by atoms with E-state index in [1.807, 2.05) is 43.3 Å². The molecule has 2 aromatic rings. The fraction of sp³-hybridized carbons (Fsp3) is 0.0714. The van der Waals surface area contributed by atoms with Crippen molar-refractivity contribution in [3.63, 3.8) is 0 Å². The van der Waals surface area contributed by atoms with Gasteiger partial charge in [0.25, 0.3) is 0 Å². The predicted octanol–water partition coefficient (Wildman–Crippen LogP) is 2.37. The van der Waals surface area contributed by atoms with Gasteiger partial charge in [0.2, 0.25) is 0 Å². The number of nitrogen functional groups attached to an aromatic ring is 1. The zero-order valence-corrected chi connectivity index (χ0v) is 9.07. The molecule has 0 fully saturated rings. The first kappa shape index (κ1) is 10.3. The molecule has 2 N–H and O–H groups in total. The molecule has 0 spiro atoms. The number of nitrogens with zero attached hydrogens (tertiary/aromatic N) is 1. The molecule has 78 valence electrons. The minimum absolute atomic E-state index is 0.730. The van der Waals surface area contributed by atoms with Crippen LogP contribution in [0.3, 0.4) is 0 Å². The first-order valence-corrected chi connectivity index (χ1v) is 5.04. The van der Waals surface area contributed by atoms with Gasteiger partial charge in [0.05, 0.1) is 0 Å². The van der Waals surface area contributed by atoms with Gasteiger partial charge in [-0.05, 0) is 37.3 Å². The highest BCUT2D eigenvalue weighted by Gasteiger charge is 1.89. The number of rotatable bonds is 0. The van der Waals surface area contributed by atoms with Crippen LogP contribution >= 0.6 is 0 Å². The Morgan fingerprint density at radius 2 is 1.88 bits per heavy atom. The summed E-state index contributed by atoms with van der Waals surface area (Å²) in [6.07, 6.45) is 1.77. The zero-order valence-electron chi connectivity index (χ0n) is 9.07. The van der Waals surface area contributed by atoms with Gasteiger partial charge in [0, 0.05) is 28.7 Å². The Bertz CT molecular complexity index is 545. The lowest BCUT2D eigenvalue weighted by Gasteiger charge is -1.93. The van der Waals surface area contributed by atoms with Gasteiger partial charge >= 0.3 is 0 Å². The maximum absolute atomic E-state index is 5.67. The van der Waals surface area contributed by atoms with Gasteiger partial charge in [-0.15, -0.1) is 0 Å². The van der Waals surface area contributed by atoms with Gasteiger partial charge in [-0.25, -0.2) is 0 Å². The monoisotopic (exact) mass is 208 g/mol. The Hall–Kier alpha value is -2.27. The lowest BCUT2D eigenvalue weighted by atomic mass is 10.2. The summed E-state index contributed by atoms with van der Waals surface area (Å²) in [6.45, 7) is 1.95. The quantitative estimate of drug-likeness (QED) is 0.533. The molecule has 2 nitrogen and oxygen atoms in total. The number of benzene rings is 1. The maximum atomic E-state index is 5.67. The number of aryl methyl sites for hydroxylation is 1. The minimum Gasteiger partial charge on any atom is -0.399 e. The molecule has 0 aliphatic heterocycles. The van der Waals surface area contributed by atoms with E-state index < -0.39 is 0 Å². The highest BCUT2D eigenvalue weighted by molar-refractivity contribution is 5.49. The van der Waals surface area contributed by atoms with Crippen LogP contribution in [0, 0.1) is 18.8 Å². The number of aromatic nitrogens is 1. The second kappa shape index (κ2) is 4.50. The Balaban J connectivity index is 2.25. The first-order chi connectivity index (χ1) is 7.74. The molecular weight excluding hydrogens is 196 g/mol. The molecule has 0 unspecified atom stereocenters. The summed E-state index contributed by atoms with van der Waals surface area (Å²) < 4.78 is 0. The van der Waals surface area contributed by atoms with E-state index in [4.69, 9.17) is 5.73 Å². The van der Waals surface area contributed by atoms with Gasteiger partial charge in [0.15, 0.2) is 0 Å². The van der Waals surface area contributed by atoms with E-state index in [2.05, 4.69) is 16.8 Å². The maximum Gasteiger partial charge on any atom is 0.0432 e. The van der Waals surface area contributed by atoms with Crippen LogP contribution < -0.4 is 5.73 Å². The first-order valence-electron chi connectivity index (χ1n) is 5.04. The summed E-state index contributed by atoms with van der Waals surface area (Å²) in [5.41, 5.74) is 9.22. The molecule has 0 amide bonds. The topological polar surface area (TPSA) is 38.9 Å². The molecule has 16 heavy (non-hydrogen) atoms. The van der Waals surface area contributed by atoms with E-state index >= 15 is 0 Å². The fourth-order valence-corrected chi connectivity index (χ4v) is 1.30. The van der Waals surface area contributed by atoms with Crippen molar-refractivity contribution in [2.24, 2.45) is 0 Å². The summed E-state index contributed by atoms with van der Waals surface area (Å²) in [4.78, 5) is 4.18. The van der Waals surface area contributed by atoms with Crippen LogP contribution in [-0.4, -0.2) is 4.98 Å². The molecule has 0 bridgehead atoms. The largest absolute Gasteiger partial charge is 0.399 e. The minimum atomic E-state index is 0.730. The summed E-state index contributed by atoms with van der Waals surface area (Å²) in [6, 6.07) is 11.4. The number of anilines is 1. The van der Waals surface area contributed by atoms with E-state index in [1.165, 1.54) is 0 Å². The van der Waals surface area contributed by atoms with Gasteiger partial charge in [-0.1, -0.05) is 17.9 Å². The molecular formula is C14H12N2. The summed E-state index contributed by atoms with van der Waals surface area (Å²) in [5.74, 6) is 6.10. The highest BCUT2D eigenvalue weighted by Crippen LogP contribution is 2.05. The third kappa shape index (κ3) is 2.61. The summed E-state index contributed by atoms with van der Waals surface area (Å²) in [7, 11) is 0. The summed E-state index contributed by atoms with van der Waals surface area (Å²) in [5, 5.41) is 0. The SMILES string of the molecule is Cc1ccc(C#Cc2cccc(N)c2)cn1. The van der Waals surface area contributed by atoms with Gasteiger partial charge in [0.1, 0.15) is 0 Å². The molecule has 0 aliphatic carbocycles. The Morgan fingerprint density at radius 1 is 1.06 bits per heavy atom. The summed E-state index contributed by atoms with van der Waals surface area (Å²) >= 11 is 0. The van der Waals surface area contributed by atoms with Crippen LogP contribution in [0.15, 0.2) is 42.6 Å². The standard InChI is InChI=1S/C14H12N2/c1-11-5-6-13(10-16-11)8-7-12-3-2-4-14(15)9-12/h2-6,9-10H,15H2,1H3. The Kier molecular flexibility index (Phi) is 2.88. The molecule has 1 heterocycles. The normalized spacial score (nSPS) is 9.31. The molecule has 0 atom stereocenters. The van der Waals surface area contributed by atoms with Gasteiger partial charge in [-0.2, -0.15) is 0 Å². The van der Waals surface area contributed by atoms with Crippen LogP contribution in [0.4, 0.5) is 5.69 Å². The molecule has 1 aromatic carbocycles. The predicted molar refractivity (Wildman–Crippen MR) is 65.8 cm³/mol. The third-order valence-corrected chi connectivity index (χ3v) is 2.15. The van der Waals surface area contributed by atoms with Crippen LogP contribution in [0.5, 0.6) is 0 Å². The van der Waals surface area contributed by atoms with Crippen molar-refractivity contribution in [2.75, 3.05) is 5.73 Å². The molecule has 0 saturated carbocycles.